The second-order valence-corrected chi connectivity index (χ2v) is 6.45. The zero-order chi connectivity index (χ0) is 15.4. The Labute approximate surface area is 126 Å². The molecule has 1 aliphatic carbocycles. The Hall–Kier alpha value is -1.42. The summed E-state index contributed by atoms with van der Waals surface area (Å²) < 4.78 is 14.5. The number of nitrogens with two attached hydrogens (primary N) is 1. The normalized spacial score (nSPS) is 16.0. The molecule has 1 aliphatic rings. The summed E-state index contributed by atoms with van der Waals surface area (Å²) in [6.45, 7) is 5.98. The van der Waals surface area contributed by atoms with Crippen LogP contribution in [0.3, 0.4) is 0 Å². The van der Waals surface area contributed by atoms with E-state index in [4.69, 9.17) is 11.1 Å². The van der Waals surface area contributed by atoms with Crippen molar-refractivity contribution in [1.29, 1.82) is 5.41 Å². The zero-order valence-electron chi connectivity index (χ0n) is 13.0. The van der Waals surface area contributed by atoms with Crippen molar-refractivity contribution in [2.75, 3.05) is 6.54 Å². The lowest BCUT2D eigenvalue weighted by Crippen LogP contribution is -2.36. The maximum Gasteiger partial charge on any atom is 0.138 e. The van der Waals surface area contributed by atoms with Gasteiger partial charge in [0.25, 0.3) is 0 Å². The molecule has 0 aliphatic heterocycles. The number of rotatable bonds is 6. The number of benzene rings is 1. The number of amidine groups is 1. The molecule has 4 heteroatoms. The number of nitrogens with one attached hydrogen (secondary N) is 1. The molecule has 3 N–H and O–H groups in total. The van der Waals surface area contributed by atoms with E-state index in [9.17, 15) is 4.39 Å². The van der Waals surface area contributed by atoms with Crippen LogP contribution in [0.15, 0.2) is 18.2 Å². The summed E-state index contributed by atoms with van der Waals surface area (Å²) in [6, 6.07) is 5.73. The van der Waals surface area contributed by atoms with Gasteiger partial charge in [-0.3, -0.25) is 10.3 Å². The molecule has 0 bridgehead atoms. The lowest BCUT2D eigenvalue weighted by molar-refractivity contribution is 0.166. The predicted octanol–water partition coefficient (Wildman–Crippen LogP) is 3.51. The first-order valence-electron chi connectivity index (χ1n) is 7.85. The lowest BCUT2D eigenvalue weighted by Gasteiger charge is -2.30. The van der Waals surface area contributed by atoms with Gasteiger partial charge in [0.15, 0.2) is 0 Å². The third kappa shape index (κ3) is 4.03. The minimum absolute atomic E-state index is 0.203. The fraction of sp³-hybridized carbons (Fsp3) is 0.588. The summed E-state index contributed by atoms with van der Waals surface area (Å²) in [5.74, 6) is 0.0204. The maximum atomic E-state index is 14.5. The van der Waals surface area contributed by atoms with E-state index >= 15 is 0 Å². The summed E-state index contributed by atoms with van der Waals surface area (Å²) >= 11 is 0. The molecule has 0 amide bonds. The third-order valence-corrected chi connectivity index (χ3v) is 4.18. The second kappa shape index (κ2) is 7.03. The van der Waals surface area contributed by atoms with E-state index in [2.05, 4.69) is 18.7 Å². The second-order valence-electron chi connectivity index (χ2n) is 6.45. The molecule has 0 saturated heterocycles. The first kappa shape index (κ1) is 16.0. The molecule has 0 radical (unpaired) electrons. The van der Waals surface area contributed by atoms with Crippen molar-refractivity contribution in [3.8, 4) is 0 Å². The van der Waals surface area contributed by atoms with Gasteiger partial charge >= 0.3 is 0 Å². The van der Waals surface area contributed by atoms with Crippen LogP contribution in [0.1, 0.15) is 50.7 Å². The quantitative estimate of drug-likeness (QED) is 0.622. The highest BCUT2D eigenvalue weighted by Crippen LogP contribution is 2.26. The van der Waals surface area contributed by atoms with Gasteiger partial charge in [0.1, 0.15) is 11.7 Å². The van der Waals surface area contributed by atoms with E-state index < -0.39 is 0 Å². The average Bonchev–Trinajstić information content (AvgIpc) is 2.93. The smallest absolute Gasteiger partial charge is 0.138 e. The molecule has 3 nitrogen and oxygen atoms in total. The molecule has 21 heavy (non-hydrogen) atoms. The van der Waals surface area contributed by atoms with Crippen LogP contribution >= 0.6 is 0 Å². The van der Waals surface area contributed by atoms with Gasteiger partial charge in [0.2, 0.25) is 0 Å². The average molecular weight is 291 g/mol. The number of hydrogen-bond donors (Lipinski definition) is 2. The Morgan fingerprint density at radius 1 is 1.38 bits per heavy atom. The standard InChI is InChI=1S/C17H26FN3/c1-12(2)10-21(14-7-3-4-8-14)11-13-6-5-9-15(16(13)18)17(19)20/h5-6,9,12,14H,3-4,7-8,10-11H2,1-2H3,(H3,19,20). The summed E-state index contributed by atoms with van der Waals surface area (Å²) in [5, 5.41) is 7.46. The molecule has 2 rings (SSSR count). The van der Waals surface area contributed by atoms with Crippen LogP contribution in [0.2, 0.25) is 0 Å². The fourth-order valence-corrected chi connectivity index (χ4v) is 3.21. The van der Waals surface area contributed by atoms with Crippen molar-refractivity contribution in [2.45, 2.75) is 52.1 Å². The first-order chi connectivity index (χ1) is 9.99. The van der Waals surface area contributed by atoms with Crippen molar-refractivity contribution in [1.82, 2.24) is 4.90 Å². The van der Waals surface area contributed by atoms with E-state index in [1.807, 2.05) is 6.07 Å². The zero-order valence-corrected chi connectivity index (χ0v) is 13.0. The van der Waals surface area contributed by atoms with Crippen LogP contribution < -0.4 is 5.73 Å². The Bertz CT molecular complexity index is 493. The van der Waals surface area contributed by atoms with Crippen molar-refractivity contribution >= 4 is 5.84 Å². The van der Waals surface area contributed by atoms with Crippen LogP contribution in [0.4, 0.5) is 4.39 Å². The van der Waals surface area contributed by atoms with Gasteiger partial charge < -0.3 is 5.73 Å². The lowest BCUT2D eigenvalue weighted by atomic mass is 10.1. The van der Waals surface area contributed by atoms with Crippen molar-refractivity contribution in [3.05, 3.63) is 35.1 Å². The molecular formula is C17H26FN3. The van der Waals surface area contributed by atoms with Crippen LogP contribution in [-0.2, 0) is 6.54 Å². The van der Waals surface area contributed by atoms with Crippen LogP contribution in [0.25, 0.3) is 0 Å². The van der Waals surface area contributed by atoms with Gasteiger partial charge in [0.05, 0.1) is 5.56 Å². The Morgan fingerprint density at radius 2 is 2.05 bits per heavy atom. The molecule has 0 spiro atoms. The van der Waals surface area contributed by atoms with Gasteiger partial charge in [-0.1, -0.05) is 38.8 Å². The van der Waals surface area contributed by atoms with E-state index in [0.717, 1.165) is 6.54 Å². The Kier molecular flexibility index (Phi) is 5.34. The molecular weight excluding hydrogens is 265 g/mol. The molecule has 1 aromatic carbocycles. The number of halogens is 1. The van der Waals surface area contributed by atoms with Gasteiger partial charge in [0, 0.05) is 24.7 Å². The fourth-order valence-electron chi connectivity index (χ4n) is 3.21. The van der Waals surface area contributed by atoms with E-state index in [1.165, 1.54) is 25.7 Å². The molecule has 0 aromatic heterocycles. The van der Waals surface area contributed by atoms with Crippen molar-refractivity contribution in [2.24, 2.45) is 11.7 Å². The summed E-state index contributed by atoms with van der Waals surface area (Å²) in [5.41, 5.74) is 6.31. The number of nitrogen functional groups attached to an aromatic ring is 1. The van der Waals surface area contributed by atoms with Gasteiger partial charge in [-0.2, -0.15) is 0 Å². The highest BCUT2D eigenvalue weighted by atomic mass is 19.1. The minimum Gasteiger partial charge on any atom is -0.384 e. The topological polar surface area (TPSA) is 53.1 Å². The number of nitrogens with zero attached hydrogens (tertiary/aromatic N) is 1. The Morgan fingerprint density at radius 3 is 2.62 bits per heavy atom. The van der Waals surface area contributed by atoms with E-state index in [1.54, 1.807) is 12.1 Å². The minimum atomic E-state index is -0.336. The first-order valence-corrected chi connectivity index (χ1v) is 7.85. The molecule has 0 heterocycles. The largest absolute Gasteiger partial charge is 0.384 e. The molecule has 1 fully saturated rings. The third-order valence-electron chi connectivity index (χ3n) is 4.18. The maximum absolute atomic E-state index is 14.5. The van der Waals surface area contributed by atoms with Gasteiger partial charge in [-0.25, -0.2) is 4.39 Å². The molecule has 1 aromatic rings. The van der Waals surface area contributed by atoms with Crippen LogP contribution in [0, 0.1) is 17.1 Å². The SMILES string of the molecule is CC(C)CN(Cc1cccc(C(=N)N)c1F)C1CCCC1. The highest BCUT2D eigenvalue weighted by Gasteiger charge is 2.24. The summed E-state index contributed by atoms with van der Waals surface area (Å²) in [7, 11) is 0. The van der Waals surface area contributed by atoms with Crippen molar-refractivity contribution < 1.29 is 4.39 Å². The van der Waals surface area contributed by atoms with E-state index in [-0.39, 0.29) is 17.2 Å². The molecule has 1 saturated carbocycles. The summed E-state index contributed by atoms with van der Waals surface area (Å²) in [4.78, 5) is 2.40. The molecule has 0 unspecified atom stereocenters. The predicted molar refractivity (Wildman–Crippen MR) is 84.9 cm³/mol. The number of hydrogen-bond acceptors (Lipinski definition) is 2. The summed E-state index contributed by atoms with van der Waals surface area (Å²) in [6.07, 6.45) is 4.96. The van der Waals surface area contributed by atoms with Gasteiger partial charge in [-0.05, 0) is 24.8 Å². The monoisotopic (exact) mass is 291 g/mol. The van der Waals surface area contributed by atoms with Gasteiger partial charge in [-0.15, -0.1) is 0 Å². The van der Waals surface area contributed by atoms with Crippen LogP contribution in [0.5, 0.6) is 0 Å². The van der Waals surface area contributed by atoms with Crippen LogP contribution in [-0.4, -0.2) is 23.3 Å². The van der Waals surface area contributed by atoms with E-state index in [0.29, 0.717) is 24.1 Å². The highest BCUT2D eigenvalue weighted by molar-refractivity contribution is 5.95. The molecule has 116 valence electrons. The molecule has 0 atom stereocenters. The Balaban J connectivity index is 2.19. The van der Waals surface area contributed by atoms with Crippen molar-refractivity contribution in [3.63, 3.8) is 0 Å².